The van der Waals surface area contributed by atoms with Gasteiger partial charge in [0.1, 0.15) is 18.8 Å². The molecule has 13 heteroatoms. The SMILES string of the molecule is O=C(OC[C@@H]1O[C@@H](O)[C@@H](O)[C@H]1NC(=O)C(F)(F)F)c1ccc([N+](=O)[O-])cc1. The van der Waals surface area contributed by atoms with Gasteiger partial charge in [-0.3, -0.25) is 14.9 Å². The van der Waals surface area contributed by atoms with Gasteiger partial charge in [0.2, 0.25) is 0 Å². The van der Waals surface area contributed by atoms with Crippen molar-refractivity contribution in [3.8, 4) is 0 Å². The maximum absolute atomic E-state index is 12.3. The molecule has 3 N–H and O–H groups in total. The number of benzene rings is 1. The fourth-order valence-corrected chi connectivity index (χ4v) is 2.26. The molecule has 0 spiro atoms. The lowest BCUT2D eigenvalue weighted by Gasteiger charge is -2.21. The highest BCUT2D eigenvalue weighted by atomic mass is 19.4. The number of ether oxygens (including phenoxy) is 2. The highest BCUT2D eigenvalue weighted by Crippen LogP contribution is 2.23. The summed E-state index contributed by atoms with van der Waals surface area (Å²) >= 11 is 0. The quantitative estimate of drug-likeness (QED) is 0.356. The smallest absolute Gasteiger partial charge is 0.459 e. The van der Waals surface area contributed by atoms with E-state index < -0.39 is 54.1 Å². The van der Waals surface area contributed by atoms with Crippen LogP contribution < -0.4 is 5.32 Å². The Morgan fingerprint density at radius 2 is 1.85 bits per heavy atom. The van der Waals surface area contributed by atoms with Crippen LogP contribution in [0.5, 0.6) is 0 Å². The predicted molar refractivity (Wildman–Crippen MR) is 78.3 cm³/mol. The third-order valence-corrected chi connectivity index (χ3v) is 3.62. The standard InChI is InChI=1S/C14H13F3N2O8/c15-14(16,17)13(23)18-9-8(27-12(22)10(9)20)5-26-11(21)6-1-3-7(4-2-6)19(24)25/h1-4,8-10,12,20,22H,5H2,(H,18,23)/t8-,9-,10-,12+/m0/s1. The van der Waals surface area contributed by atoms with Gasteiger partial charge >= 0.3 is 18.1 Å². The highest BCUT2D eigenvalue weighted by molar-refractivity contribution is 5.89. The highest BCUT2D eigenvalue weighted by Gasteiger charge is 2.48. The minimum absolute atomic E-state index is 0.0874. The monoisotopic (exact) mass is 394 g/mol. The van der Waals surface area contributed by atoms with Crippen molar-refractivity contribution in [2.75, 3.05) is 6.61 Å². The average molecular weight is 394 g/mol. The molecule has 1 amide bonds. The molecule has 4 atom stereocenters. The molecule has 1 aliphatic heterocycles. The molecule has 1 aromatic rings. The normalized spacial score (nSPS) is 25.1. The minimum atomic E-state index is -5.23. The summed E-state index contributed by atoms with van der Waals surface area (Å²) in [7, 11) is 0. The van der Waals surface area contributed by atoms with Gasteiger partial charge in [0, 0.05) is 12.1 Å². The lowest BCUT2D eigenvalue weighted by Crippen LogP contribution is -2.52. The van der Waals surface area contributed by atoms with Crippen LogP contribution in [0.3, 0.4) is 0 Å². The van der Waals surface area contributed by atoms with Crippen LogP contribution in [0.4, 0.5) is 18.9 Å². The summed E-state index contributed by atoms with van der Waals surface area (Å²) in [6, 6.07) is 2.61. The van der Waals surface area contributed by atoms with Gasteiger partial charge in [-0.25, -0.2) is 4.79 Å². The van der Waals surface area contributed by atoms with Gasteiger partial charge < -0.3 is 25.0 Å². The molecule has 1 fully saturated rings. The second-order valence-electron chi connectivity index (χ2n) is 5.46. The molecule has 27 heavy (non-hydrogen) atoms. The van der Waals surface area contributed by atoms with Crippen molar-refractivity contribution in [3.63, 3.8) is 0 Å². The summed E-state index contributed by atoms with van der Waals surface area (Å²) in [5.74, 6) is -3.35. The number of hydrogen-bond acceptors (Lipinski definition) is 8. The molecule has 0 radical (unpaired) electrons. The molecule has 0 aromatic heterocycles. The van der Waals surface area contributed by atoms with Gasteiger partial charge in [0.25, 0.3) is 5.69 Å². The number of amides is 1. The number of non-ortho nitro benzene ring substituents is 1. The van der Waals surface area contributed by atoms with Gasteiger partial charge in [-0.1, -0.05) is 0 Å². The van der Waals surface area contributed by atoms with Gasteiger partial charge in [0.05, 0.1) is 16.5 Å². The van der Waals surface area contributed by atoms with Crippen LogP contribution in [0.25, 0.3) is 0 Å². The Labute approximate surface area is 148 Å². The number of carbonyl (C=O) groups is 2. The molecule has 0 saturated carbocycles. The number of halogens is 3. The molecule has 1 aromatic carbocycles. The van der Waals surface area contributed by atoms with E-state index in [0.717, 1.165) is 24.3 Å². The Bertz CT molecular complexity index is 724. The van der Waals surface area contributed by atoms with Gasteiger partial charge in [0.15, 0.2) is 6.29 Å². The third kappa shape index (κ3) is 4.90. The average Bonchev–Trinajstić information content (AvgIpc) is 2.86. The number of nitrogens with zero attached hydrogens (tertiary/aromatic N) is 1. The number of esters is 1. The largest absolute Gasteiger partial charge is 0.471 e. The molecule has 10 nitrogen and oxygen atoms in total. The number of nitro benzene ring substituents is 1. The number of aliphatic hydroxyl groups excluding tert-OH is 2. The maximum atomic E-state index is 12.3. The fourth-order valence-electron chi connectivity index (χ4n) is 2.26. The van der Waals surface area contributed by atoms with Gasteiger partial charge in [-0.15, -0.1) is 0 Å². The molecular formula is C14H13F3N2O8. The lowest BCUT2D eigenvalue weighted by molar-refractivity contribution is -0.384. The Kier molecular flexibility index (Phi) is 5.98. The van der Waals surface area contributed by atoms with Crippen LogP contribution >= 0.6 is 0 Å². The van der Waals surface area contributed by atoms with E-state index in [1.54, 1.807) is 0 Å². The van der Waals surface area contributed by atoms with Crippen LogP contribution in [-0.4, -0.2) is 64.3 Å². The summed E-state index contributed by atoms with van der Waals surface area (Å²) in [4.78, 5) is 32.8. The number of carbonyl (C=O) groups excluding carboxylic acids is 2. The Morgan fingerprint density at radius 1 is 1.26 bits per heavy atom. The first kappa shape index (κ1) is 20.5. The Hall–Kier alpha value is -2.77. The van der Waals surface area contributed by atoms with Crippen LogP contribution in [-0.2, 0) is 14.3 Å². The zero-order chi connectivity index (χ0) is 20.4. The Balaban J connectivity index is 2.00. The molecule has 0 aliphatic carbocycles. The number of nitro groups is 1. The van der Waals surface area contributed by atoms with E-state index in [4.69, 9.17) is 9.47 Å². The summed E-state index contributed by atoms with van der Waals surface area (Å²) in [6.45, 7) is -0.702. The lowest BCUT2D eigenvalue weighted by atomic mass is 10.1. The first-order valence-corrected chi connectivity index (χ1v) is 7.31. The van der Waals surface area contributed by atoms with E-state index in [0.29, 0.717) is 0 Å². The van der Waals surface area contributed by atoms with Crippen molar-refractivity contribution in [2.45, 2.75) is 30.7 Å². The van der Waals surface area contributed by atoms with E-state index in [2.05, 4.69) is 0 Å². The number of hydrogen-bond donors (Lipinski definition) is 3. The van der Waals surface area contributed by atoms with Crippen LogP contribution in [0.2, 0.25) is 0 Å². The first-order chi connectivity index (χ1) is 12.5. The predicted octanol–water partition coefficient (Wildman–Crippen LogP) is -0.123. The second kappa shape index (κ2) is 7.85. The second-order valence-corrected chi connectivity index (χ2v) is 5.46. The van der Waals surface area contributed by atoms with Crippen molar-refractivity contribution in [2.24, 2.45) is 0 Å². The zero-order valence-corrected chi connectivity index (χ0v) is 13.3. The molecule has 0 unspecified atom stereocenters. The molecule has 1 heterocycles. The number of alkyl halides is 3. The van der Waals surface area contributed by atoms with Crippen molar-refractivity contribution in [1.29, 1.82) is 0 Å². The molecule has 1 aliphatic rings. The number of nitrogens with one attached hydrogen (secondary N) is 1. The van der Waals surface area contributed by atoms with Gasteiger partial charge in [-0.05, 0) is 12.1 Å². The van der Waals surface area contributed by atoms with E-state index in [1.165, 1.54) is 5.32 Å². The molecule has 148 valence electrons. The van der Waals surface area contributed by atoms with Crippen molar-refractivity contribution in [1.82, 2.24) is 5.32 Å². The summed E-state index contributed by atoms with van der Waals surface area (Å²) in [5, 5.41) is 31.1. The van der Waals surface area contributed by atoms with E-state index in [9.17, 15) is 43.1 Å². The van der Waals surface area contributed by atoms with Crippen molar-refractivity contribution in [3.05, 3.63) is 39.9 Å². The third-order valence-electron chi connectivity index (χ3n) is 3.62. The molecule has 0 bridgehead atoms. The van der Waals surface area contributed by atoms with Crippen LogP contribution in [0, 0.1) is 10.1 Å². The number of aliphatic hydroxyl groups is 2. The summed E-state index contributed by atoms with van der Waals surface area (Å²) in [5.41, 5.74) is -0.359. The van der Waals surface area contributed by atoms with E-state index in [-0.39, 0.29) is 11.3 Å². The number of rotatable bonds is 5. The molecule has 1 saturated heterocycles. The minimum Gasteiger partial charge on any atom is -0.459 e. The zero-order valence-electron chi connectivity index (χ0n) is 13.3. The maximum Gasteiger partial charge on any atom is 0.471 e. The van der Waals surface area contributed by atoms with E-state index in [1.807, 2.05) is 0 Å². The van der Waals surface area contributed by atoms with Crippen LogP contribution in [0.15, 0.2) is 24.3 Å². The van der Waals surface area contributed by atoms with Crippen molar-refractivity contribution < 1.29 is 47.4 Å². The Morgan fingerprint density at radius 3 is 2.37 bits per heavy atom. The van der Waals surface area contributed by atoms with Crippen LogP contribution in [0.1, 0.15) is 10.4 Å². The topological polar surface area (TPSA) is 148 Å². The summed E-state index contributed by atoms with van der Waals surface area (Å²) in [6.07, 6.45) is -10.5. The molecule has 2 rings (SSSR count). The fraction of sp³-hybridized carbons (Fsp3) is 0.429. The van der Waals surface area contributed by atoms with Gasteiger partial charge in [-0.2, -0.15) is 13.2 Å². The first-order valence-electron chi connectivity index (χ1n) is 7.31. The molecular weight excluding hydrogens is 381 g/mol. The van der Waals surface area contributed by atoms with Crippen molar-refractivity contribution >= 4 is 17.6 Å². The summed E-state index contributed by atoms with van der Waals surface area (Å²) < 4.78 is 46.7. The van der Waals surface area contributed by atoms with E-state index >= 15 is 0 Å².